The zero-order valence-electron chi connectivity index (χ0n) is 12.8. The van der Waals surface area contributed by atoms with Gasteiger partial charge in [-0.3, -0.25) is 4.79 Å². The Bertz CT molecular complexity index is 493. The van der Waals surface area contributed by atoms with E-state index in [2.05, 4.69) is 31.2 Å². The second-order valence-electron chi connectivity index (χ2n) is 6.77. The molecule has 1 N–H and O–H groups in total. The minimum atomic E-state index is -1.07. The molecule has 2 aliphatic rings. The van der Waals surface area contributed by atoms with Gasteiger partial charge >= 0.3 is 0 Å². The predicted octanol–water partition coefficient (Wildman–Crippen LogP) is 2.94. The lowest BCUT2D eigenvalue weighted by molar-refractivity contribution is -0.152. The molecule has 114 valence electrons. The molecule has 2 unspecified atom stereocenters. The molecule has 0 bridgehead atoms. The molecule has 1 saturated heterocycles. The van der Waals surface area contributed by atoms with E-state index in [9.17, 15) is 9.90 Å². The third-order valence-electron chi connectivity index (χ3n) is 5.25. The van der Waals surface area contributed by atoms with Gasteiger partial charge in [0, 0.05) is 13.1 Å². The number of piperidine rings is 1. The first kappa shape index (κ1) is 14.6. The van der Waals surface area contributed by atoms with Crippen molar-refractivity contribution < 1.29 is 9.90 Å². The number of hydrogen-bond acceptors (Lipinski definition) is 2. The van der Waals surface area contributed by atoms with Gasteiger partial charge in [-0.1, -0.05) is 37.3 Å². The molecule has 0 radical (unpaired) electrons. The molecular weight excluding hydrogens is 262 g/mol. The van der Waals surface area contributed by atoms with Crippen LogP contribution >= 0.6 is 0 Å². The summed E-state index contributed by atoms with van der Waals surface area (Å²) in [6.45, 7) is 3.75. The van der Waals surface area contributed by atoms with E-state index in [0.717, 1.165) is 32.4 Å². The Hall–Kier alpha value is -1.35. The first-order valence-electron chi connectivity index (χ1n) is 8.17. The second kappa shape index (κ2) is 5.80. The number of aliphatic hydroxyl groups is 1. The number of likely N-dealkylation sites (tertiary alicyclic amines) is 1. The maximum atomic E-state index is 12.6. The lowest BCUT2D eigenvalue weighted by Gasteiger charge is -2.40. The van der Waals surface area contributed by atoms with Crippen LogP contribution in [0, 0.1) is 5.92 Å². The molecule has 21 heavy (non-hydrogen) atoms. The van der Waals surface area contributed by atoms with Crippen molar-refractivity contribution in [3.05, 3.63) is 35.9 Å². The van der Waals surface area contributed by atoms with Crippen LogP contribution in [-0.2, 0) is 4.79 Å². The highest BCUT2D eigenvalue weighted by Gasteiger charge is 2.43. The Morgan fingerprint density at radius 3 is 2.52 bits per heavy atom. The van der Waals surface area contributed by atoms with Gasteiger partial charge in [0.1, 0.15) is 5.60 Å². The first-order chi connectivity index (χ1) is 10.1. The van der Waals surface area contributed by atoms with Gasteiger partial charge in [0.05, 0.1) is 0 Å². The van der Waals surface area contributed by atoms with Crippen molar-refractivity contribution in [2.45, 2.75) is 50.5 Å². The molecule has 0 spiro atoms. The van der Waals surface area contributed by atoms with Crippen molar-refractivity contribution in [2.75, 3.05) is 13.1 Å². The molecule has 1 heterocycles. The van der Waals surface area contributed by atoms with Crippen LogP contribution in [0.4, 0.5) is 0 Å². The Morgan fingerprint density at radius 2 is 1.90 bits per heavy atom. The fraction of sp³-hybridized carbons (Fsp3) is 0.611. The average molecular weight is 287 g/mol. The summed E-state index contributed by atoms with van der Waals surface area (Å²) in [5.74, 6) is 0.932. The van der Waals surface area contributed by atoms with Gasteiger partial charge in [-0.2, -0.15) is 0 Å². The Labute approximate surface area is 127 Å². The molecule has 0 aromatic heterocycles. The van der Waals surface area contributed by atoms with Crippen molar-refractivity contribution in [3.8, 4) is 0 Å². The molecule has 2 atom stereocenters. The highest BCUT2D eigenvalue weighted by atomic mass is 16.3. The van der Waals surface area contributed by atoms with Crippen molar-refractivity contribution in [3.63, 3.8) is 0 Å². The summed E-state index contributed by atoms with van der Waals surface area (Å²) < 4.78 is 0. The third-order valence-corrected chi connectivity index (χ3v) is 5.25. The smallest absolute Gasteiger partial charge is 0.254 e. The van der Waals surface area contributed by atoms with E-state index in [4.69, 9.17) is 0 Å². The van der Waals surface area contributed by atoms with Crippen LogP contribution in [0.2, 0.25) is 0 Å². The third kappa shape index (κ3) is 2.84. The molecule has 1 aromatic rings. The normalized spacial score (nSPS) is 28.6. The predicted molar refractivity (Wildman–Crippen MR) is 83.0 cm³/mol. The summed E-state index contributed by atoms with van der Waals surface area (Å²) in [5.41, 5.74) is 0.302. The molecule has 2 fully saturated rings. The molecule has 1 aliphatic carbocycles. The van der Waals surface area contributed by atoms with E-state index in [0.29, 0.717) is 24.7 Å². The summed E-state index contributed by atoms with van der Waals surface area (Å²) in [6, 6.07) is 10.6. The van der Waals surface area contributed by atoms with Gasteiger partial charge in [0.2, 0.25) is 0 Å². The summed E-state index contributed by atoms with van der Waals surface area (Å²) in [4.78, 5) is 14.5. The van der Waals surface area contributed by atoms with Crippen LogP contribution in [0.3, 0.4) is 0 Å². The fourth-order valence-electron chi connectivity index (χ4n) is 3.99. The van der Waals surface area contributed by atoms with Crippen LogP contribution in [0.5, 0.6) is 0 Å². The highest BCUT2D eigenvalue weighted by Crippen LogP contribution is 2.36. The maximum absolute atomic E-state index is 12.6. The van der Waals surface area contributed by atoms with Crippen molar-refractivity contribution in [1.82, 2.24) is 4.90 Å². The van der Waals surface area contributed by atoms with E-state index in [-0.39, 0.29) is 5.91 Å². The standard InChI is InChI=1S/C18H25NO2/c1-14-13-19(17(20)18(21)10-5-6-11-18)12-9-16(14)15-7-3-2-4-8-15/h2-4,7-8,14,16,21H,5-6,9-13H2,1H3. The van der Waals surface area contributed by atoms with Crippen molar-refractivity contribution >= 4 is 5.91 Å². The van der Waals surface area contributed by atoms with Gasteiger partial charge in [-0.25, -0.2) is 0 Å². The maximum Gasteiger partial charge on any atom is 0.254 e. The van der Waals surface area contributed by atoms with E-state index in [1.807, 2.05) is 11.0 Å². The SMILES string of the molecule is CC1CN(C(=O)C2(O)CCCC2)CCC1c1ccccc1. The van der Waals surface area contributed by atoms with Gasteiger partial charge in [-0.05, 0) is 49.5 Å². The molecule has 1 aliphatic heterocycles. The van der Waals surface area contributed by atoms with Gasteiger partial charge in [0.25, 0.3) is 5.91 Å². The van der Waals surface area contributed by atoms with Crippen molar-refractivity contribution in [1.29, 1.82) is 0 Å². The molecule has 3 rings (SSSR count). The van der Waals surface area contributed by atoms with Crippen LogP contribution in [-0.4, -0.2) is 34.6 Å². The van der Waals surface area contributed by atoms with Gasteiger partial charge in [-0.15, -0.1) is 0 Å². The number of rotatable bonds is 2. The zero-order valence-corrected chi connectivity index (χ0v) is 12.8. The number of hydrogen-bond donors (Lipinski definition) is 1. The summed E-state index contributed by atoms with van der Waals surface area (Å²) in [6.07, 6.45) is 4.21. The first-order valence-corrected chi connectivity index (χ1v) is 8.17. The summed E-state index contributed by atoms with van der Waals surface area (Å²) in [5, 5.41) is 10.5. The molecule has 1 amide bonds. The number of carbonyl (C=O) groups is 1. The van der Waals surface area contributed by atoms with Crippen LogP contribution < -0.4 is 0 Å². The molecule has 3 heteroatoms. The quantitative estimate of drug-likeness (QED) is 0.908. The van der Waals surface area contributed by atoms with Gasteiger partial charge < -0.3 is 10.0 Å². The molecule has 3 nitrogen and oxygen atoms in total. The zero-order chi connectivity index (χ0) is 14.9. The number of amides is 1. The number of benzene rings is 1. The minimum absolute atomic E-state index is 0.0293. The minimum Gasteiger partial charge on any atom is -0.380 e. The molecular formula is C18H25NO2. The van der Waals surface area contributed by atoms with Gasteiger partial charge in [0.15, 0.2) is 0 Å². The highest BCUT2D eigenvalue weighted by molar-refractivity contribution is 5.85. The van der Waals surface area contributed by atoms with Crippen LogP contribution in [0.15, 0.2) is 30.3 Å². The second-order valence-corrected chi connectivity index (χ2v) is 6.77. The van der Waals surface area contributed by atoms with E-state index in [1.54, 1.807) is 0 Å². The Balaban J connectivity index is 1.67. The Morgan fingerprint density at radius 1 is 1.24 bits per heavy atom. The summed E-state index contributed by atoms with van der Waals surface area (Å²) >= 11 is 0. The fourth-order valence-corrected chi connectivity index (χ4v) is 3.99. The number of carbonyl (C=O) groups excluding carboxylic acids is 1. The van der Waals surface area contributed by atoms with Crippen LogP contribution in [0.25, 0.3) is 0 Å². The van der Waals surface area contributed by atoms with E-state index < -0.39 is 5.60 Å². The van der Waals surface area contributed by atoms with E-state index in [1.165, 1.54) is 5.56 Å². The topological polar surface area (TPSA) is 40.5 Å². The largest absolute Gasteiger partial charge is 0.380 e. The summed E-state index contributed by atoms with van der Waals surface area (Å²) in [7, 11) is 0. The van der Waals surface area contributed by atoms with Crippen LogP contribution in [0.1, 0.15) is 50.5 Å². The van der Waals surface area contributed by atoms with Crippen molar-refractivity contribution in [2.24, 2.45) is 5.92 Å². The molecule has 1 saturated carbocycles. The lowest BCUT2D eigenvalue weighted by Crippen LogP contribution is -2.51. The average Bonchev–Trinajstić information content (AvgIpc) is 2.95. The lowest BCUT2D eigenvalue weighted by atomic mass is 9.81. The Kier molecular flexibility index (Phi) is 4.03. The number of nitrogens with zero attached hydrogens (tertiary/aromatic N) is 1. The molecule has 1 aromatic carbocycles. The van der Waals surface area contributed by atoms with E-state index >= 15 is 0 Å². The monoisotopic (exact) mass is 287 g/mol.